The number of anilines is 1. The Balaban J connectivity index is 1.22. The molecule has 2 heterocycles. The van der Waals surface area contributed by atoms with Crippen LogP contribution in [0.4, 0.5) is 5.95 Å². The molecule has 2 unspecified atom stereocenters. The first kappa shape index (κ1) is 20.8. The largest absolute Gasteiger partial charge is 0.455 e. The number of nitrogens with zero attached hydrogens (tertiary/aromatic N) is 4. The highest BCUT2D eigenvalue weighted by atomic mass is 16.5. The fourth-order valence-electron chi connectivity index (χ4n) is 5.28. The van der Waals surface area contributed by atoms with Gasteiger partial charge in [0, 0.05) is 36.6 Å². The Kier molecular flexibility index (Phi) is 5.51. The molecule has 2 bridgehead atoms. The number of nitrogens with one attached hydrogen (secondary N) is 1. The lowest BCUT2D eigenvalue weighted by molar-refractivity contribution is -0.153. The molecule has 162 valence electrons. The molecule has 1 aliphatic heterocycles. The number of amides is 1. The summed E-state index contributed by atoms with van der Waals surface area (Å²) in [7, 11) is 0. The van der Waals surface area contributed by atoms with Crippen LogP contribution in [0.5, 0.6) is 0 Å². The van der Waals surface area contributed by atoms with Crippen molar-refractivity contribution in [2.45, 2.75) is 52.9 Å². The lowest BCUT2D eigenvalue weighted by atomic mass is 9.70. The van der Waals surface area contributed by atoms with Crippen molar-refractivity contribution in [2.24, 2.45) is 27.8 Å². The van der Waals surface area contributed by atoms with Gasteiger partial charge in [-0.2, -0.15) is 5.10 Å². The smallest absolute Gasteiger partial charge is 0.309 e. The number of ether oxygens (including phenoxy) is 1. The van der Waals surface area contributed by atoms with Crippen molar-refractivity contribution in [2.75, 3.05) is 24.6 Å². The minimum Gasteiger partial charge on any atom is -0.455 e. The third kappa shape index (κ3) is 3.68. The first-order chi connectivity index (χ1) is 14.3. The van der Waals surface area contributed by atoms with Gasteiger partial charge in [-0.3, -0.25) is 9.59 Å². The summed E-state index contributed by atoms with van der Waals surface area (Å²) in [5.74, 6) is 0.410. The van der Waals surface area contributed by atoms with Crippen molar-refractivity contribution >= 4 is 23.5 Å². The molecule has 0 spiro atoms. The Labute approximate surface area is 177 Å². The molecule has 3 aliphatic rings. The molecule has 2 saturated carbocycles. The SMILES string of the molecule is CC12CCC(C/C1=N/NC(=O)COC(=O)C1CCN(c3ncccn3)CC1)C2(C)C. The first-order valence-corrected chi connectivity index (χ1v) is 10.9. The van der Waals surface area contributed by atoms with Crippen LogP contribution in [-0.4, -0.2) is 47.3 Å². The van der Waals surface area contributed by atoms with Crippen LogP contribution < -0.4 is 10.3 Å². The average molecular weight is 414 g/mol. The van der Waals surface area contributed by atoms with Gasteiger partial charge in [0.1, 0.15) is 0 Å². The summed E-state index contributed by atoms with van der Waals surface area (Å²) >= 11 is 0. The van der Waals surface area contributed by atoms with Crippen LogP contribution in [0.1, 0.15) is 52.9 Å². The molecule has 1 amide bonds. The van der Waals surface area contributed by atoms with Crippen molar-refractivity contribution in [3.8, 4) is 0 Å². The van der Waals surface area contributed by atoms with Crippen molar-refractivity contribution in [1.29, 1.82) is 0 Å². The standard InChI is InChI=1S/C22H31N5O3/c1-21(2)16-5-8-22(21,3)17(13-16)25-26-18(28)14-30-19(29)15-6-11-27(12-7-15)20-23-9-4-10-24-20/h4,9-10,15-16H,5-8,11-14H2,1-3H3,(H,26,28)/b25-17-. The molecule has 2 atom stereocenters. The molecule has 30 heavy (non-hydrogen) atoms. The van der Waals surface area contributed by atoms with E-state index in [1.54, 1.807) is 18.5 Å². The first-order valence-electron chi connectivity index (χ1n) is 10.9. The molecule has 8 heteroatoms. The second-order valence-corrected chi connectivity index (χ2v) is 9.50. The Morgan fingerprint density at radius 2 is 1.90 bits per heavy atom. The molecular formula is C22H31N5O3. The molecule has 1 saturated heterocycles. The summed E-state index contributed by atoms with van der Waals surface area (Å²) in [5, 5.41) is 4.41. The summed E-state index contributed by atoms with van der Waals surface area (Å²) in [5.41, 5.74) is 3.93. The predicted octanol–water partition coefficient (Wildman–Crippen LogP) is 2.55. The van der Waals surface area contributed by atoms with E-state index >= 15 is 0 Å². The maximum Gasteiger partial charge on any atom is 0.309 e. The van der Waals surface area contributed by atoms with Crippen LogP contribution in [0.2, 0.25) is 0 Å². The van der Waals surface area contributed by atoms with Crippen molar-refractivity contribution in [3.05, 3.63) is 18.5 Å². The van der Waals surface area contributed by atoms with Crippen LogP contribution in [0.15, 0.2) is 23.6 Å². The predicted molar refractivity (Wildman–Crippen MR) is 113 cm³/mol. The van der Waals surface area contributed by atoms with Crippen molar-refractivity contribution < 1.29 is 14.3 Å². The number of carbonyl (C=O) groups is 2. The van der Waals surface area contributed by atoms with Crippen LogP contribution >= 0.6 is 0 Å². The molecule has 8 nitrogen and oxygen atoms in total. The van der Waals surface area contributed by atoms with Crippen molar-refractivity contribution in [1.82, 2.24) is 15.4 Å². The summed E-state index contributed by atoms with van der Waals surface area (Å²) in [4.78, 5) is 35.1. The number of hydrazone groups is 1. The maximum atomic E-state index is 12.4. The van der Waals surface area contributed by atoms with E-state index in [0.29, 0.717) is 37.8 Å². The van der Waals surface area contributed by atoms with Gasteiger partial charge in [-0.25, -0.2) is 15.4 Å². The lowest BCUT2D eigenvalue weighted by Crippen LogP contribution is -2.38. The zero-order chi connectivity index (χ0) is 21.4. The van der Waals surface area contributed by atoms with E-state index in [4.69, 9.17) is 4.74 Å². The second kappa shape index (κ2) is 7.96. The highest BCUT2D eigenvalue weighted by Gasteiger charge is 2.60. The van der Waals surface area contributed by atoms with Gasteiger partial charge in [-0.05, 0) is 49.5 Å². The fraction of sp³-hybridized carbons (Fsp3) is 0.682. The van der Waals surface area contributed by atoms with Gasteiger partial charge in [0.2, 0.25) is 5.95 Å². The van der Waals surface area contributed by atoms with E-state index in [2.05, 4.69) is 46.2 Å². The molecule has 1 N–H and O–H groups in total. The molecule has 0 radical (unpaired) electrons. The number of rotatable bonds is 5. The molecule has 2 aliphatic carbocycles. The summed E-state index contributed by atoms with van der Waals surface area (Å²) in [6.45, 7) is 7.94. The zero-order valence-electron chi connectivity index (χ0n) is 18.1. The van der Waals surface area contributed by atoms with Gasteiger partial charge < -0.3 is 9.64 Å². The quantitative estimate of drug-likeness (QED) is 0.589. The normalized spacial score (nSPS) is 29.2. The summed E-state index contributed by atoms with van der Waals surface area (Å²) in [6.07, 6.45) is 8.02. The van der Waals surface area contributed by atoms with Crippen LogP contribution in [0, 0.1) is 22.7 Å². The topological polar surface area (TPSA) is 96.8 Å². The van der Waals surface area contributed by atoms with Crippen molar-refractivity contribution in [3.63, 3.8) is 0 Å². The van der Waals surface area contributed by atoms with E-state index in [-0.39, 0.29) is 35.2 Å². The highest BCUT2D eigenvalue weighted by Crippen LogP contribution is 2.63. The Hall–Kier alpha value is -2.51. The molecular weight excluding hydrogens is 382 g/mol. The molecule has 1 aromatic heterocycles. The van der Waals surface area contributed by atoms with Gasteiger partial charge in [-0.15, -0.1) is 0 Å². The fourth-order valence-corrected chi connectivity index (χ4v) is 5.28. The summed E-state index contributed by atoms with van der Waals surface area (Å²) in [6, 6.07) is 1.78. The minimum atomic E-state index is -0.379. The van der Waals surface area contributed by atoms with Crippen LogP contribution in [0.3, 0.4) is 0 Å². The number of fused-ring (bicyclic) bond motifs is 2. The number of hydrogen-bond donors (Lipinski definition) is 1. The highest BCUT2D eigenvalue weighted by molar-refractivity contribution is 5.95. The molecule has 0 aromatic carbocycles. The average Bonchev–Trinajstić information content (AvgIpc) is 3.10. The van der Waals surface area contributed by atoms with Gasteiger partial charge in [-0.1, -0.05) is 20.8 Å². The van der Waals surface area contributed by atoms with Gasteiger partial charge in [0.25, 0.3) is 5.91 Å². The molecule has 4 rings (SSSR count). The molecule has 1 aromatic rings. The molecule has 3 fully saturated rings. The van der Waals surface area contributed by atoms with E-state index in [9.17, 15) is 9.59 Å². The van der Waals surface area contributed by atoms with Gasteiger partial charge in [0.15, 0.2) is 6.61 Å². The lowest BCUT2D eigenvalue weighted by Gasteiger charge is -2.34. The Morgan fingerprint density at radius 1 is 1.20 bits per heavy atom. The maximum absolute atomic E-state index is 12.4. The van der Waals surface area contributed by atoms with Crippen LogP contribution in [0.25, 0.3) is 0 Å². The number of carbonyl (C=O) groups excluding carboxylic acids is 2. The van der Waals surface area contributed by atoms with E-state index in [0.717, 1.165) is 18.6 Å². The number of aromatic nitrogens is 2. The van der Waals surface area contributed by atoms with Crippen LogP contribution in [-0.2, 0) is 14.3 Å². The zero-order valence-corrected chi connectivity index (χ0v) is 18.1. The Morgan fingerprint density at radius 3 is 2.50 bits per heavy atom. The minimum absolute atomic E-state index is 0.0397. The van der Waals surface area contributed by atoms with Gasteiger partial charge in [0.05, 0.1) is 5.92 Å². The third-order valence-electron chi connectivity index (χ3n) is 7.84. The third-order valence-corrected chi connectivity index (χ3v) is 7.84. The monoisotopic (exact) mass is 413 g/mol. The van der Waals surface area contributed by atoms with E-state index < -0.39 is 0 Å². The number of hydrogen-bond acceptors (Lipinski definition) is 7. The second-order valence-electron chi connectivity index (χ2n) is 9.50. The number of esters is 1. The van der Waals surface area contributed by atoms with E-state index in [1.165, 1.54) is 6.42 Å². The van der Waals surface area contributed by atoms with E-state index in [1.807, 2.05) is 0 Å². The summed E-state index contributed by atoms with van der Waals surface area (Å²) < 4.78 is 5.26. The Bertz CT molecular complexity index is 832. The van der Waals surface area contributed by atoms with Gasteiger partial charge >= 0.3 is 5.97 Å². The number of piperidine rings is 1.